The molecule has 1 fully saturated rings. The summed E-state index contributed by atoms with van der Waals surface area (Å²) in [6.07, 6.45) is 42.5. The number of rotatable bonds is 47. The number of carbonyl (C=O) groups is 2. The van der Waals surface area contributed by atoms with Crippen LogP contribution in [0.4, 0.5) is 0 Å². The zero-order valence-corrected chi connectivity index (χ0v) is 41.0. The first-order chi connectivity index (χ1) is 29.3. The monoisotopic (exact) mass is 849 g/mol. The maximum atomic E-state index is 12.9. The van der Waals surface area contributed by atoms with Gasteiger partial charge in [-0.05, 0) is 115 Å². The van der Waals surface area contributed by atoms with E-state index in [1.165, 1.54) is 154 Å². The highest BCUT2D eigenvalue weighted by molar-refractivity contribution is 5.85. The number of nitrogens with zero attached hydrogens (tertiary/aromatic N) is 1. The Bertz CT molecular complexity index is 934. The Morgan fingerprint density at radius 1 is 0.550 bits per heavy atom. The summed E-state index contributed by atoms with van der Waals surface area (Å²) in [5.41, 5.74) is -0.0625. The lowest BCUT2D eigenvalue weighted by molar-refractivity contribution is -0.150. The largest absolute Gasteiger partial charge is 0.462 e. The SMILES string of the molecule is CCCCCCCCC(CCCCCCCC)OC(=O)CCCCCCCN(CCCCCCCC(O)OCCC(CCCC)CCCC)CCCNC(=O)C1(CC)CC1. The number of hydrogen-bond donors (Lipinski definition) is 2. The van der Waals surface area contributed by atoms with Crippen LogP contribution in [0.3, 0.4) is 0 Å². The fourth-order valence-corrected chi connectivity index (χ4v) is 8.92. The average Bonchev–Trinajstić information content (AvgIpc) is 4.06. The van der Waals surface area contributed by atoms with Gasteiger partial charge < -0.3 is 24.8 Å². The first-order valence-corrected chi connectivity index (χ1v) is 26.8. The standard InChI is InChI=1S/C53H104N2O5/c1-6-11-15-17-21-27-36-49(37-28-22-18-16-12-7-2)60-51(57)39-30-24-20-26-32-45-55(46-33-43-54-52(58)53(10-5)41-42-53)44-31-25-19-23-29-38-50(56)59-47-40-48(34-13-8-3)35-14-9-4/h48-50,56H,6-47H2,1-5H3,(H,54,58). The van der Waals surface area contributed by atoms with Gasteiger partial charge >= 0.3 is 5.97 Å². The maximum Gasteiger partial charge on any atom is 0.306 e. The molecular weight excluding hydrogens is 745 g/mol. The zero-order chi connectivity index (χ0) is 43.8. The minimum absolute atomic E-state index is 0.0234. The molecule has 0 bridgehead atoms. The summed E-state index contributed by atoms with van der Waals surface area (Å²) in [4.78, 5) is 28.2. The molecule has 1 saturated carbocycles. The number of carbonyl (C=O) groups excluding carboxylic acids is 2. The van der Waals surface area contributed by atoms with E-state index in [9.17, 15) is 14.7 Å². The van der Waals surface area contributed by atoms with Gasteiger partial charge in [0.2, 0.25) is 5.91 Å². The van der Waals surface area contributed by atoms with Gasteiger partial charge in [0.05, 0.1) is 0 Å². The second-order valence-electron chi connectivity index (χ2n) is 19.1. The smallest absolute Gasteiger partial charge is 0.306 e. The summed E-state index contributed by atoms with van der Waals surface area (Å²) in [5.74, 6) is 1.03. The fourth-order valence-electron chi connectivity index (χ4n) is 8.92. The van der Waals surface area contributed by atoms with E-state index in [1.807, 2.05) is 0 Å². The molecule has 7 nitrogen and oxygen atoms in total. The third-order valence-corrected chi connectivity index (χ3v) is 13.6. The molecule has 1 unspecified atom stereocenters. The van der Waals surface area contributed by atoms with Crippen molar-refractivity contribution in [1.29, 1.82) is 0 Å². The van der Waals surface area contributed by atoms with Crippen LogP contribution in [0, 0.1) is 11.3 Å². The molecule has 1 atom stereocenters. The average molecular weight is 849 g/mol. The van der Waals surface area contributed by atoms with Crippen LogP contribution in [0.15, 0.2) is 0 Å². The predicted molar refractivity (Wildman–Crippen MR) is 256 cm³/mol. The lowest BCUT2D eigenvalue weighted by Gasteiger charge is -2.23. The summed E-state index contributed by atoms with van der Waals surface area (Å²) in [5, 5.41) is 13.7. The minimum Gasteiger partial charge on any atom is -0.462 e. The topological polar surface area (TPSA) is 88.1 Å². The number of nitrogens with one attached hydrogen (secondary N) is 1. The van der Waals surface area contributed by atoms with Gasteiger partial charge in [-0.1, -0.05) is 176 Å². The number of amides is 1. The van der Waals surface area contributed by atoms with Crippen LogP contribution >= 0.6 is 0 Å². The van der Waals surface area contributed by atoms with Gasteiger partial charge in [0.1, 0.15) is 6.10 Å². The van der Waals surface area contributed by atoms with Crippen LogP contribution in [0.2, 0.25) is 0 Å². The normalized spacial score (nSPS) is 14.1. The van der Waals surface area contributed by atoms with Crippen molar-refractivity contribution in [2.45, 2.75) is 285 Å². The van der Waals surface area contributed by atoms with Crippen LogP contribution < -0.4 is 5.32 Å². The first-order valence-electron chi connectivity index (χ1n) is 26.8. The van der Waals surface area contributed by atoms with Crippen molar-refractivity contribution in [3.05, 3.63) is 0 Å². The van der Waals surface area contributed by atoms with Crippen molar-refractivity contribution in [2.24, 2.45) is 11.3 Å². The van der Waals surface area contributed by atoms with E-state index in [1.54, 1.807) is 0 Å². The molecule has 1 aliphatic rings. The minimum atomic E-state index is -0.619. The molecule has 0 saturated heterocycles. The second-order valence-corrected chi connectivity index (χ2v) is 19.1. The Labute approximate surface area is 373 Å². The molecule has 2 N–H and O–H groups in total. The third kappa shape index (κ3) is 32.5. The van der Waals surface area contributed by atoms with E-state index in [4.69, 9.17) is 9.47 Å². The van der Waals surface area contributed by atoms with E-state index in [-0.39, 0.29) is 23.4 Å². The summed E-state index contributed by atoms with van der Waals surface area (Å²) in [6.45, 7) is 15.9. The molecule has 0 heterocycles. The van der Waals surface area contributed by atoms with Crippen LogP contribution in [0.5, 0.6) is 0 Å². The Kier molecular flexibility index (Phi) is 38.4. The van der Waals surface area contributed by atoms with Gasteiger partial charge in [0.15, 0.2) is 6.29 Å². The Hall–Kier alpha value is -1.18. The van der Waals surface area contributed by atoms with Crippen LogP contribution in [-0.2, 0) is 19.1 Å². The molecule has 1 aliphatic carbocycles. The number of hydrogen-bond acceptors (Lipinski definition) is 6. The van der Waals surface area contributed by atoms with Crippen LogP contribution in [0.1, 0.15) is 272 Å². The first kappa shape index (κ1) is 56.8. The zero-order valence-electron chi connectivity index (χ0n) is 41.0. The molecule has 1 amide bonds. The molecule has 0 radical (unpaired) electrons. The van der Waals surface area contributed by atoms with Crippen LogP contribution in [0.25, 0.3) is 0 Å². The number of esters is 1. The Morgan fingerprint density at radius 3 is 1.53 bits per heavy atom. The molecule has 1 rings (SSSR count). The third-order valence-electron chi connectivity index (χ3n) is 13.6. The van der Waals surface area contributed by atoms with Gasteiger partial charge in [0.25, 0.3) is 0 Å². The number of ether oxygens (including phenoxy) is 2. The molecular formula is C53H104N2O5. The fraction of sp³-hybridized carbons (Fsp3) is 0.962. The molecule has 0 aliphatic heterocycles. The molecule has 0 aromatic rings. The molecule has 0 aromatic heterocycles. The van der Waals surface area contributed by atoms with E-state index in [0.29, 0.717) is 13.0 Å². The highest BCUT2D eigenvalue weighted by Crippen LogP contribution is 2.48. The molecule has 7 heteroatoms. The Morgan fingerprint density at radius 2 is 1.02 bits per heavy atom. The highest BCUT2D eigenvalue weighted by atomic mass is 16.6. The van der Waals surface area contributed by atoms with Crippen molar-refractivity contribution in [3.8, 4) is 0 Å². The van der Waals surface area contributed by atoms with Gasteiger partial charge in [-0.25, -0.2) is 0 Å². The maximum absolute atomic E-state index is 12.9. The summed E-state index contributed by atoms with van der Waals surface area (Å²) in [6, 6.07) is 0. The van der Waals surface area contributed by atoms with Crippen molar-refractivity contribution in [1.82, 2.24) is 10.2 Å². The van der Waals surface area contributed by atoms with Gasteiger partial charge in [-0.3, -0.25) is 9.59 Å². The van der Waals surface area contributed by atoms with Crippen LogP contribution in [-0.4, -0.2) is 67.1 Å². The summed E-state index contributed by atoms with van der Waals surface area (Å²) < 4.78 is 11.9. The number of aliphatic hydroxyl groups is 1. The van der Waals surface area contributed by atoms with E-state index >= 15 is 0 Å². The predicted octanol–water partition coefficient (Wildman–Crippen LogP) is 14.8. The lowest BCUT2D eigenvalue weighted by Crippen LogP contribution is -2.35. The van der Waals surface area contributed by atoms with Gasteiger partial charge in [-0.15, -0.1) is 0 Å². The number of unbranched alkanes of at least 4 members (excludes halogenated alkanes) is 20. The van der Waals surface area contributed by atoms with Crippen molar-refractivity contribution >= 4 is 11.9 Å². The van der Waals surface area contributed by atoms with Gasteiger partial charge in [-0.2, -0.15) is 0 Å². The number of aliphatic hydroxyl groups excluding tert-OH is 1. The van der Waals surface area contributed by atoms with Gasteiger partial charge in [0, 0.05) is 25.0 Å². The van der Waals surface area contributed by atoms with Crippen molar-refractivity contribution in [3.63, 3.8) is 0 Å². The second kappa shape index (κ2) is 40.6. The van der Waals surface area contributed by atoms with E-state index < -0.39 is 6.29 Å². The van der Waals surface area contributed by atoms with Crippen molar-refractivity contribution < 1.29 is 24.2 Å². The van der Waals surface area contributed by atoms with Crippen molar-refractivity contribution in [2.75, 3.05) is 32.8 Å². The summed E-state index contributed by atoms with van der Waals surface area (Å²) >= 11 is 0. The molecule has 0 spiro atoms. The molecule has 60 heavy (non-hydrogen) atoms. The van der Waals surface area contributed by atoms with E-state index in [2.05, 4.69) is 44.8 Å². The Balaban J connectivity index is 2.36. The summed E-state index contributed by atoms with van der Waals surface area (Å²) in [7, 11) is 0. The highest BCUT2D eigenvalue weighted by Gasteiger charge is 2.47. The molecule has 356 valence electrons. The quantitative estimate of drug-likeness (QED) is 0.0360. The molecule has 0 aromatic carbocycles. The lowest BCUT2D eigenvalue weighted by atomic mass is 9.93. The van der Waals surface area contributed by atoms with E-state index in [0.717, 1.165) is 109 Å².